The fourth-order valence-electron chi connectivity index (χ4n) is 1.92. The van der Waals surface area contributed by atoms with Gasteiger partial charge in [0.25, 0.3) is 0 Å². The second kappa shape index (κ2) is 8.11. The van der Waals surface area contributed by atoms with Crippen LogP contribution in [-0.4, -0.2) is 23.6 Å². The Morgan fingerprint density at radius 3 is 2.43 bits per heavy atom. The first-order valence-corrected chi connectivity index (χ1v) is 8.18. The lowest BCUT2D eigenvalue weighted by Gasteiger charge is -2.17. The average molecular weight is 320 g/mol. The van der Waals surface area contributed by atoms with Crippen LogP contribution in [0.15, 0.2) is 59.5 Å². The number of carbonyl (C=O) groups excluding carboxylic acids is 1. The minimum Gasteiger partial charge on any atom is -0.341 e. The smallest absolute Gasteiger partial charge is 0.223 e. The van der Waals surface area contributed by atoms with Crippen molar-refractivity contribution in [3.05, 3.63) is 65.2 Å². The summed E-state index contributed by atoms with van der Waals surface area (Å²) in [5, 5.41) is 0.715. The first kappa shape index (κ1) is 15.9. The molecule has 0 atom stereocenters. The molecular formula is C17H18ClNOS. The molecule has 0 aliphatic carbocycles. The molecule has 0 spiro atoms. The van der Waals surface area contributed by atoms with Gasteiger partial charge in [-0.15, -0.1) is 11.8 Å². The van der Waals surface area contributed by atoms with E-state index in [0.717, 1.165) is 11.3 Å². The Hall–Kier alpha value is -1.45. The minimum absolute atomic E-state index is 0.161. The molecule has 0 aromatic heterocycles. The minimum atomic E-state index is 0.161. The molecule has 0 unspecified atom stereocenters. The van der Waals surface area contributed by atoms with Gasteiger partial charge in [-0.2, -0.15) is 0 Å². The lowest BCUT2D eigenvalue weighted by Crippen LogP contribution is -2.26. The Morgan fingerprint density at radius 1 is 1.10 bits per heavy atom. The van der Waals surface area contributed by atoms with Gasteiger partial charge in [-0.1, -0.05) is 41.9 Å². The monoisotopic (exact) mass is 319 g/mol. The van der Waals surface area contributed by atoms with Crippen LogP contribution in [0.4, 0.5) is 0 Å². The highest BCUT2D eigenvalue weighted by molar-refractivity contribution is 7.99. The molecule has 2 rings (SSSR count). The van der Waals surface area contributed by atoms with E-state index in [1.807, 2.05) is 49.5 Å². The van der Waals surface area contributed by atoms with Crippen molar-refractivity contribution >= 4 is 29.3 Å². The zero-order valence-electron chi connectivity index (χ0n) is 12.0. The maximum atomic E-state index is 12.1. The first-order valence-electron chi connectivity index (χ1n) is 6.81. The molecule has 2 nitrogen and oxygen atoms in total. The zero-order valence-corrected chi connectivity index (χ0v) is 13.5. The Labute approximate surface area is 135 Å². The van der Waals surface area contributed by atoms with E-state index in [-0.39, 0.29) is 5.91 Å². The third-order valence-electron chi connectivity index (χ3n) is 3.09. The third-order valence-corrected chi connectivity index (χ3v) is 4.35. The summed E-state index contributed by atoms with van der Waals surface area (Å²) in [6, 6.07) is 17.7. The SMILES string of the molecule is CN(Cc1ccc(Cl)cc1)C(=O)CCSc1ccccc1. The predicted molar refractivity (Wildman–Crippen MR) is 89.7 cm³/mol. The van der Waals surface area contributed by atoms with Gasteiger partial charge in [0.2, 0.25) is 5.91 Å². The molecule has 0 bridgehead atoms. The molecule has 4 heteroatoms. The largest absolute Gasteiger partial charge is 0.341 e. The highest BCUT2D eigenvalue weighted by Crippen LogP contribution is 2.18. The summed E-state index contributed by atoms with van der Waals surface area (Å²) < 4.78 is 0. The van der Waals surface area contributed by atoms with Crippen molar-refractivity contribution in [2.45, 2.75) is 17.9 Å². The molecule has 110 valence electrons. The van der Waals surface area contributed by atoms with Crippen molar-refractivity contribution in [2.24, 2.45) is 0 Å². The van der Waals surface area contributed by atoms with E-state index >= 15 is 0 Å². The van der Waals surface area contributed by atoms with Gasteiger partial charge in [-0.05, 0) is 29.8 Å². The van der Waals surface area contributed by atoms with E-state index in [4.69, 9.17) is 11.6 Å². The first-order chi connectivity index (χ1) is 10.1. The number of benzene rings is 2. The van der Waals surface area contributed by atoms with Crippen molar-refractivity contribution in [3.8, 4) is 0 Å². The van der Waals surface area contributed by atoms with Crippen LogP contribution in [-0.2, 0) is 11.3 Å². The van der Waals surface area contributed by atoms with Crippen LogP contribution in [0.3, 0.4) is 0 Å². The van der Waals surface area contributed by atoms with Crippen LogP contribution in [0.25, 0.3) is 0 Å². The topological polar surface area (TPSA) is 20.3 Å². The number of thioether (sulfide) groups is 1. The molecule has 2 aromatic rings. The number of carbonyl (C=O) groups is 1. The van der Waals surface area contributed by atoms with Crippen LogP contribution < -0.4 is 0 Å². The van der Waals surface area contributed by atoms with Crippen molar-refractivity contribution in [1.29, 1.82) is 0 Å². The second-order valence-corrected chi connectivity index (χ2v) is 6.39. The number of hydrogen-bond donors (Lipinski definition) is 0. The summed E-state index contributed by atoms with van der Waals surface area (Å²) in [6.07, 6.45) is 0.545. The van der Waals surface area contributed by atoms with E-state index in [1.54, 1.807) is 16.7 Å². The summed E-state index contributed by atoms with van der Waals surface area (Å²) in [7, 11) is 1.84. The maximum absolute atomic E-state index is 12.1. The number of amides is 1. The number of halogens is 1. The van der Waals surface area contributed by atoms with Crippen molar-refractivity contribution in [3.63, 3.8) is 0 Å². The molecule has 0 heterocycles. The zero-order chi connectivity index (χ0) is 15.1. The Balaban J connectivity index is 1.76. The quantitative estimate of drug-likeness (QED) is 0.732. The fourth-order valence-corrected chi connectivity index (χ4v) is 2.90. The molecule has 2 aromatic carbocycles. The van der Waals surface area contributed by atoms with Gasteiger partial charge in [-0.25, -0.2) is 0 Å². The fraction of sp³-hybridized carbons (Fsp3) is 0.235. The van der Waals surface area contributed by atoms with Crippen molar-refractivity contribution < 1.29 is 4.79 Å². The standard InChI is InChI=1S/C17H18ClNOS/c1-19(13-14-7-9-15(18)10-8-14)17(20)11-12-21-16-5-3-2-4-6-16/h2-10H,11-13H2,1H3. The van der Waals surface area contributed by atoms with E-state index in [0.29, 0.717) is 18.0 Å². The van der Waals surface area contributed by atoms with Gasteiger partial charge in [0.05, 0.1) is 0 Å². The summed E-state index contributed by atoms with van der Waals surface area (Å²) in [4.78, 5) is 15.0. The average Bonchev–Trinajstić information content (AvgIpc) is 2.50. The van der Waals surface area contributed by atoms with Gasteiger partial charge < -0.3 is 4.90 Å². The second-order valence-electron chi connectivity index (χ2n) is 4.79. The lowest BCUT2D eigenvalue weighted by atomic mass is 10.2. The van der Waals surface area contributed by atoms with Gasteiger partial charge in [0, 0.05) is 35.7 Å². The third kappa shape index (κ3) is 5.44. The Morgan fingerprint density at radius 2 is 1.76 bits per heavy atom. The number of nitrogens with zero attached hydrogens (tertiary/aromatic N) is 1. The summed E-state index contributed by atoms with van der Waals surface area (Å²) in [5.74, 6) is 0.960. The van der Waals surface area contributed by atoms with Crippen LogP contribution >= 0.6 is 23.4 Å². The summed E-state index contributed by atoms with van der Waals surface area (Å²) >= 11 is 7.56. The molecule has 0 N–H and O–H groups in total. The van der Waals surface area contributed by atoms with Crippen LogP contribution in [0.1, 0.15) is 12.0 Å². The molecule has 0 fully saturated rings. The molecular weight excluding hydrogens is 302 g/mol. The molecule has 1 amide bonds. The van der Waals surface area contributed by atoms with E-state index in [2.05, 4.69) is 12.1 Å². The van der Waals surface area contributed by atoms with Gasteiger partial charge in [0.1, 0.15) is 0 Å². The normalized spacial score (nSPS) is 10.4. The van der Waals surface area contributed by atoms with Crippen molar-refractivity contribution in [1.82, 2.24) is 4.90 Å². The van der Waals surface area contributed by atoms with Crippen molar-refractivity contribution in [2.75, 3.05) is 12.8 Å². The highest BCUT2D eigenvalue weighted by Gasteiger charge is 2.09. The number of rotatable bonds is 6. The lowest BCUT2D eigenvalue weighted by molar-refractivity contribution is -0.129. The molecule has 0 aliphatic heterocycles. The Bertz CT molecular complexity index is 571. The van der Waals surface area contributed by atoms with Gasteiger partial charge >= 0.3 is 0 Å². The Kier molecular flexibility index (Phi) is 6.15. The highest BCUT2D eigenvalue weighted by atomic mass is 35.5. The summed E-state index contributed by atoms with van der Waals surface area (Å²) in [6.45, 7) is 0.617. The van der Waals surface area contributed by atoms with E-state index < -0.39 is 0 Å². The molecule has 0 saturated heterocycles. The molecule has 0 saturated carbocycles. The van der Waals surface area contributed by atoms with E-state index in [1.165, 1.54) is 4.90 Å². The predicted octanol–water partition coefficient (Wildman–Crippen LogP) is 4.48. The van der Waals surface area contributed by atoms with Crippen LogP contribution in [0.2, 0.25) is 5.02 Å². The molecule has 21 heavy (non-hydrogen) atoms. The maximum Gasteiger partial charge on any atom is 0.223 e. The summed E-state index contributed by atoms with van der Waals surface area (Å²) in [5.41, 5.74) is 1.09. The molecule has 0 radical (unpaired) electrons. The molecule has 0 aliphatic rings. The van der Waals surface area contributed by atoms with Gasteiger partial charge in [-0.3, -0.25) is 4.79 Å². The van der Waals surface area contributed by atoms with Crippen LogP contribution in [0.5, 0.6) is 0 Å². The number of hydrogen-bond acceptors (Lipinski definition) is 2. The van der Waals surface area contributed by atoms with Gasteiger partial charge in [0.15, 0.2) is 0 Å². The van der Waals surface area contributed by atoms with E-state index in [9.17, 15) is 4.79 Å². The van der Waals surface area contributed by atoms with Crippen LogP contribution in [0, 0.1) is 0 Å².